The van der Waals surface area contributed by atoms with Crippen LogP contribution in [0.15, 0.2) is 12.3 Å². The maximum Gasteiger partial charge on any atom is 0.268 e. The van der Waals surface area contributed by atoms with Crippen molar-refractivity contribution < 1.29 is 9.90 Å². The molecule has 90 valence electrons. The summed E-state index contributed by atoms with van der Waals surface area (Å²) in [6, 6.07) is 1.63. The molecular weight excluding hydrogens is 206 g/mol. The van der Waals surface area contributed by atoms with Gasteiger partial charge in [-0.05, 0) is 26.8 Å². The van der Waals surface area contributed by atoms with Crippen LogP contribution in [0.3, 0.4) is 0 Å². The predicted octanol–water partition coefficient (Wildman–Crippen LogP) is 0.591. The van der Waals surface area contributed by atoms with Crippen LogP contribution in [0.1, 0.15) is 31.3 Å². The number of nitrogens with zero attached hydrogens (tertiary/aromatic N) is 1. The molecule has 1 heterocycles. The molecule has 0 spiro atoms. The Hall–Kier alpha value is -1.49. The quantitative estimate of drug-likeness (QED) is 0.701. The van der Waals surface area contributed by atoms with Crippen LogP contribution in [-0.2, 0) is 6.54 Å². The largest absolute Gasteiger partial charge is 0.397 e. The highest BCUT2D eigenvalue weighted by molar-refractivity contribution is 5.93. The SMILES string of the molecule is CCn1cc(N)cc1C(=O)NCC(C)(C)O. The van der Waals surface area contributed by atoms with E-state index in [1.54, 1.807) is 30.7 Å². The van der Waals surface area contributed by atoms with Crippen LogP contribution in [0.2, 0.25) is 0 Å². The third-order valence-electron chi connectivity index (χ3n) is 2.17. The van der Waals surface area contributed by atoms with Gasteiger partial charge in [0.25, 0.3) is 5.91 Å². The van der Waals surface area contributed by atoms with Crippen molar-refractivity contribution in [3.05, 3.63) is 18.0 Å². The monoisotopic (exact) mass is 225 g/mol. The highest BCUT2D eigenvalue weighted by Gasteiger charge is 2.17. The standard InChI is InChI=1S/C11H19N3O2/c1-4-14-6-8(12)5-9(14)10(15)13-7-11(2,3)16/h5-6,16H,4,7,12H2,1-3H3,(H,13,15). The molecule has 1 rings (SSSR count). The molecule has 0 unspecified atom stereocenters. The lowest BCUT2D eigenvalue weighted by Crippen LogP contribution is -2.38. The van der Waals surface area contributed by atoms with Crippen LogP contribution in [0, 0.1) is 0 Å². The first-order valence-corrected chi connectivity index (χ1v) is 5.29. The van der Waals surface area contributed by atoms with Gasteiger partial charge < -0.3 is 20.7 Å². The number of aryl methyl sites for hydroxylation is 1. The van der Waals surface area contributed by atoms with Gasteiger partial charge in [0.2, 0.25) is 0 Å². The van der Waals surface area contributed by atoms with Gasteiger partial charge in [0, 0.05) is 19.3 Å². The normalized spacial score (nSPS) is 11.5. The first kappa shape index (κ1) is 12.6. The van der Waals surface area contributed by atoms with Crippen molar-refractivity contribution >= 4 is 11.6 Å². The van der Waals surface area contributed by atoms with Gasteiger partial charge in [-0.2, -0.15) is 0 Å². The Bertz CT molecular complexity index is 377. The predicted molar refractivity (Wildman–Crippen MR) is 63.1 cm³/mol. The van der Waals surface area contributed by atoms with Gasteiger partial charge in [0.1, 0.15) is 5.69 Å². The molecule has 0 aromatic carbocycles. The van der Waals surface area contributed by atoms with Crippen LogP contribution >= 0.6 is 0 Å². The Morgan fingerprint density at radius 3 is 2.75 bits per heavy atom. The zero-order valence-electron chi connectivity index (χ0n) is 9.95. The Morgan fingerprint density at radius 1 is 1.62 bits per heavy atom. The van der Waals surface area contributed by atoms with Crippen LogP contribution < -0.4 is 11.1 Å². The summed E-state index contributed by atoms with van der Waals surface area (Å²) < 4.78 is 1.77. The number of nitrogens with one attached hydrogen (secondary N) is 1. The minimum atomic E-state index is -0.912. The molecule has 0 fully saturated rings. The number of amides is 1. The van der Waals surface area contributed by atoms with E-state index in [1.165, 1.54) is 0 Å². The highest BCUT2D eigenvalue weighted by Crippen LogP contribution is 2.10. The van der Waals surface area contributed by atoms with Gasteiger partial charge in [-0.25, -0.2) is 0 Å². The van der Waals surface area contributed by atoms with Crippen molar-refractivity contribution in [2.45, 2.75) is 32.9 Å². The van der Waals surface area contributed by atoms with E-state index in [9.17, 15) is 9.90 Å². The van der Waals surface area contributed by atoms with Crippen molar-refractivity contribution in [1.82, 2.24) is 9.88 Å². The first-order chi connectivity index (χ1) is 7.33. The van der Waals surface area contributed by atoms with Crippen LogP contribution in [0.5, 0.6) is 0 Å². The third kappa shape index (κ3) is 3.27. The third-order valence-corrected chi connectivity index (χ3v) is 2.17. The maximum atomic E-state index is 11.8. The lowest BCUT2D eigenvalue weighted by Gasteiger charge is -2.17. The van der Waals surface area contributed by atoms with E-state index >= 15 is 0 Å². The summed E-state index contributed by atoms with van der Waals surface area (Å²) in [5.41, 5.74) is 5.80. The molecule has 1 aromatic rings. The van der Waals surface area contributed by atoms with Crippen molar-refractivity contribution in [2.24, 2.45) is 0 Å². The highest BCUT2D eigenvalue weighted by atomic mass is 16.3. The maximum absolute atomic E-state index is 11.8. The second-order valence-electron chi connectivity index (χ2n) is 4.44. The van der Waals surface area contributed by atoms with Gasteiger partial charge in [-0.3, -0.25) is 4.79 Å². The molecule has 5 heteroatoms. The van der Waals surface area contributed by atoms with Gasteiger partial charge in [-0.15, -0.1) is 0 Å². The zero-order valence-corrected chi connectivity index (χ0v) is 9.95. The summed E-state index contributed by atoms with van der Waals surface area (Å²) in [5.74, 6) is -0.222. The lowest BCUT2D eigenvalue weighted by molar-refractivity contribution is 0.0690. The van der Waals surface area contributed by atoms with E-state index in [2.05, 4.69) is 5.32 Å². The smallest absolute Gasteiger partial charge is 0.268 e. The number of anilines is 1. The van der Waals surface area contributed by atoms with E-state index < -0.39 is 5.60 Å². The summed E-state index contributed by atoms with van der Waals surface area (Å²) in [7, 11) is 0. The molecule has 0 radical (unpaired) electrons. The van der Waals surface area contributed by atoms with Crippen LogP contribution in [-0.4, -0.2) is 27.7 Å². The van der Waals surface area contributed by atoms with Gasteiger partial charge >= 0.3 is 0 Å². The molecule has 0 atom stereocenters. The number of aromatic nitrogens is 1. The van der Waals surface area contributed by atoms with Crippen molar-refractivity contribution in [3.63, 3.8) is 0 Å². The number of nitrogen functional groups attached to an aromatic ring is 1. The number of aliphatic hydroxyl groups is 1. The molecule has 0 aliphatic rings. The minimum Gasteiger partial charge on any atom is -0.397 e. The topological polar surface area (TPSA) is 80.3 Å². The number of hydrogen-bond donors (Lipinski definition) is 3. The van der Waals surface area contributed by atoms with Gasteiger partial charge in [-0.1, -0.05) is 0 Å². The van der Waals surface area contributed by atoms with E-state index in [0.717, 1.165) is 0 Å². The molecule has 0 saturated heterocycles. The van der Waals surface area contributed by atoms with Gasteiger partial charge in [0.15, 0.2) is 0 Å². The molecule has 0 bridgehead atoms. The fourth-order valence-electron chi connectivity index (χ4n) is 1.37. The molecule has 1 aromatic heterocycles. The fraction of sp³-hybridized carbons (Fsp3) is 0.545. The number of carbonyl (C=O) groups excluding carboxylic acids is 1. The molecule has 16 heavy (non-hydrogen) atoms. The van der Waals surface area contributed by atoms with E-state index in [1.807, 2.05) is 6.92 Å². The Balaban J connectivity index is 2.73. The molecular formula is C11H19N3O2. The average molecular weight is 225 g/mol. The number of hydrogen-bond acceptors (Lipinski definition) is 3. The summed E-state index contributed by atoms with van der Waals surface area (Å²) >= 11 is 0. The van der Waals surface area contributed by atoms with Gasteiger partial charge in [0.05, 0.1) is 11.3 Å². The average Bonchev–Trinajstić information content (AvgIpc) is 2.55. The Morgan fingerprint density at radius 2 is 2.25 bits per heavy atom. The molecule has 1 amide bonds. The van der Waals surface area contributed by atoms with E-state index in [-0.39, 0.29) is 12.5 Å². The Labute approximate surface area is 95.3 Å². The molecule has 0 saturated carbocycles. The Kier molecular flexibility index (Phi) is 3.59. The van der Waals surface area contributed by atoms with E-state index in [0.29, 0.717) is 17.9 Å². The van der Waals surface area contributed by atoms with Crippen LogP contribution in [0.4, 0.5) is 5.69 Å². The zero-order chi connectivity index (χ0) is 12.3. The molecule has 0 aliphatic carbocycles. The molecule has 4 N–H and O–H groups in total. The second-order valence-corrected chi connectivity index (χ2v) is 4.44. The van der Waals surface area contributed by atoms with Crippen LogP contribution in [0.25, 0.3) is 0 Å². The summed E-state index contributed by atoms with van der Waals surface area (Å²) in [5, 5.41) is 12.2. The number of rotatable bonds is 4. The summed E-state index contributed by atoms with van der Waals surface area (Å²) in [6.45, 7) is 6.11. The summed E-state index contributed by atoms with van der Waals surface area (Å²) in [6.07, 6.45) is 1.72. The minimum absolute atomic E-state index is 0.209. The summed E-state index contributed by atoms with van der Waals surface area (Å²) in [4.78, 5) is 11.8. The molecule has 5 nitrogen and oxygen atoms in total. The lowest BCUT2D eigenvalue weighted by atomic mass is 10.1. The van der Waals surface area contributed by atoms with E-state index in [4.69, 9.17) is 5.73 Å². The number of nitrogens with two attached hydrogens (primary N) is 1. The second kappa shape index (κ2) is 4.57. The fourth-order valence-corrected chi connectivity index (χ4v) is 1.37. The first-order valence-electron chi connectivity index (χ1n) is 5.29. The number of carbonyl (C=O) groups is 1. The van der Waals surface area contributed by atoms with Crippen molar-refractivity contribution in [3.8, 4) is 0 Å². The van der Waals surface area contributed by atoms with Crippen molar-refractivity contribution in [2.75, 3.05) is 12.3 Å². The molecule has 0 aliphatic heterocycles. The van der Waals surface area contributed by atoms with Crippen molar-refractivity contribution in [1.29, 1.82) is 0 Å².